The van der Waals surface area contributed by atoms with Crippen LogP contribution in [-0.2, 0) is 6.42 Å². The minimum atomic E-state index is -0.906. The summed E-state index contributed by atoms with van der Waals surface area (Å²) in [6.07, 6.45) is 2.24. The van der Waals surface area contributed by atoms with Crippen LogP contribution in [0.4, 0.5) is 0 Å². The third kappa shape index (κ3) is 3.04. The van der Waals surface area contributed by atoms with Gasteiger partial charge >= 0.3 is 5.97 Å². The summed E-state index contributed by atoms with van der Waals surface area (Å²) in [6.45, 7) is 2.21. The number of carboxylic acid groups (broad SMARTS) is 1. The summed E-state index contributed by atoms with van der Waals surface area (Å²) in [5.41, 5.74) is 4.77. The lowest BCUT2D eigenvalue weighted by molar-refractivity contribution is 0.0697. The quantitative estimate of drug-likeness (QED) is 0.444. The minimum absolute atomic E-state index is 0.300. The molecule has 0 bridgehead atoms. The first-order valence-corrected chi connectivity index (χ1v) is 9.52. The van der Waals surface area contributed by atoms with Crippen LogP contribution >= 0.6 is 11.3 Å². The Morgan fingerprint density at radius 1 is 1.04 bits per heavy atom. The number of carbonyl (C=O) groups is 1. The summed E-state index contributed by atoms with van der Waals surface area (Å²) < 4.78 is 1.37. The molecule has 26 heavy (non-hydrogen) atoms. The van der Waals surface area contributed by atoms with Crippen molar-refractivity contribution in [1.29, 1.82) is 0 Å². The predicted octanol–water partition coefficient (Wildman–Crippen LogP) is 6.21. The van der Waals surface area contributed by atoms with Crippen LogP contribution in [0.2, 0.25) is 0 Å². The summed E-state index contributed by atoms with van der Waals surface area (Å²) in [6, 6.07) is 19.8. The first-order chi connectivity index (χ1) is 12.7. The van der Waals surface area contributed by atoms with Crippen molar-refractivity contribution < 1.29 is 9.90 Å². The van der Waals surface area contributed by atoms with Gasteiger partial charge in [-0.15, -0.1) is 11.3 Å². The van der Waals surface area contributed by atoms with Gasteiger partial charge in [0.15, 0.2) is 0 Å². The molecule has 0 aliphatic carbocycles. The van der Waals surface area contributed by atoms with Crippen molar-refractivity contribution in [2.75, 3.05) is 0 Å². The van der Waals surface area contributed by atoms with E-state index in [1.807, 2.05) is 29.5 Å². The molecule has 2 N–H and O–H groups in total. The smallest absolute Gasteiger partial charge is 0.335 e. The van der Waals surface area contributed by atoms with Gasteiger partial charge in [-0.05, 0) is 53.3 Å². The highest BCUT2D eigenvalue weighted by Gasteiger charge is 2.10. The Morgan fingerprint density at radius 2 is 1.81 bits per heavy atom. The molecule has 4 heteroatoms. The van der Waals surface area contributed by atoms with Crippen molar-refractivity contribution in [3.05, 3.63) is 71.8 Å². The number of nitrogens with one attached hydrogen (secondary N) is 1. The molecule has 0 atom stereocenters. The summed E-state index contributed by atoms with van der Waals surface area (Å²) >= 11 is 1.82. The summed E-state index contributed by atoms with van der Waals surface area (Å²) in [5.74, 6) is -0.906. The highest BCUT2D eigenvalue weighted by Crippen LogP contribution is 2.36. The number of aromatic carboxylic acids is 1. The van der Waals surface area contributed by atoms with Crippen molar-refractivity contribution in [3.8, 4) is 21.8 Å². The van der Waals surface area contributed by atoms with Gasteiger partial charge in [0.1, 0.15) is 0 Å². The van der Waals surface area contributed by atoms with E-state index in [4.69, 9.17) is 5.11 Å². The third-order valence-corrected chi connectivity index (χ3v) is 5.80. The number of aromatic nitrogens is 1. The number of fused-ring (bicyclic) bond motifs is 1. The van der Waals surface area contributed by atoms with E-state index in [2.05, 4.69) is 42.2 Å². The van der Waals surface area contributed by atoms with Crippen molar-refractivity contribution >= 4 is 27.4 Å². The van der Waals surface area contributed by atoms with Crippen LogP contribution in [0.5, 0.6) is 0 Å². The van der Waals surface area contributed by atoms with Crippen molar-refractivity contribution in [2.45, 2.75) is 19.8 Å². The highest BCUT2D eigenvalue weighted by atomic mass is 32.1. The van der Waals surface area contributed by atoms with E-state index in [1.165, 1.54) is 20.5 Å². The molecule has 3 nitrogen and oxygen atoms in total. The number of thiophene rings is 1. The Balaban J connectivity index is 1.68. The molecule has 4 aromatic rings. The topological polar surface area (TPSA) is 53.1 Å². The summed E-state index contributed by atoms with van der Waals surface area (Å²) in [4.78, 5) is 15.7. The zero-order valence-corrected chi connectivity index (χ0v) is 15.3. The van der Waals surface area contributed by atoms with E-state index in [9.17, 15) is 4.79 Å². The van der Waals surface area contributed by atoms with Crippen molar-refractivity contribution in [1.82, 2.24) is 4.98 Å². The molecule has 2 aromatic carbocycles. The second-order valence-electron chi connectivity index (χ2n) is 6.36. The molecule has 0 unspecified atom stereocenters. The number of hydrogen-bond acceptors (Lipinski definition) is 2. The molecule has 0 saturated heterocycles. The maximum Gasteiger partial charge on any atom is 0.335 e. The SMILES string of the molecule is CCCc1cccc2cc(-c3ccc(-c4ccc(C(=O)O)cc4)[nH]3)sc12. The van der Waals surface area contributed by atoms with Crippen LogP contribution in [-0.4, -0.2) is 16.1 Å². The maximum absolute atomic E-state index is 11.0. The van der Waals surface area contributed by atoms with Gasteiger partial charge in [-0.25, -0.2) is 4.79 Å². The number of aryl methyl sites for hydroxylation is 1. The number of hydrogen-bond donors (Lipinski definition) is 2. The van der Waals surface area contributed by atoms with Gasteiger partial charge in [0.05, 0.1) is 16.1 Å². The molecule has 0 fully saturated rings. The zero-order chi connectivity index (χ0) is 18.1. The Morgan fingerprint density at radius 3 is 2.54 bits per heavy atom. The average Bonchev–Trinajstić information content (AvgIpc) is 3.29. The van der Waals surface area contributed by atoms with E-state index in [1.54, 1.807) is 12.1 Å². The number of H-pyrrole nitrogens is 1. The molecule has 130 valence electrons. The molecule has 0 aliphatic rings. The first-order valence-electron chi connectivity index (χ1n) is 8.70. The molecule has 0 amide bonds. The molecule has 2 aromatic heterocycles. The van der Waals surface area contributed by atoms with E-state index < -0.39 is 5.97 Å². The van der Waals surface area contributed by atoms with Gasteiger partial charge < -0.3 is 10.1 Å². The lowest BCUT2D eigenvalue weighted by atomic mass is 10.1. The molecule has 2 heterocycles. The standard InChI is InChI=1S/C22H19NO2S/c1-2-4-15-5-3-6-17-13-20(26-21(15)17)19-12-11-18(23-19)14-7-9-16(10-8-14)22(24)25/h3,5-13,23H,2,4H2,1H3,(H,24,25). The largest absolute Gasteiger partial charge is 0.478 e. The van der Waals surface area contributed by atoms with Crippen LogP contribution in [0.25, 0.3) is 31.9 Å². The lowest BCUT2D eigenvalue weighted by Crippen LogP contribution is -1.94. The fraction of sp³-hybridized carbons (Fsp3) is 0.136. The maximum atomic E-state index is 11.0. The third-order valence-electron chi connectivity index (χ3n) is 4.54. The molecular formula is C22H19NO2S. The van der Waals surface area contributed by atoms with Crippen LogP contribution < -0.4 is 0 Å². The van der Waals surface area contributed by atoms with Crippen LogP contribution in [0.15, 0.2) is 60.7 Å². The van der Waals surface area contributed by atoms with Crippen LogP contribution in [0, 0.1) is 0 Å². The normalized spacial score (nSPS) is 11.1. The number of carboxylic acids is 1. The van der Waals surface area contributed by atoms with Crippen molar-refractivity contribution in [2.24, 2.45) is 0 Å². The fourth-order valence-corrected chi connectivity index (χ4v) is 4.40. The van der Waals surface area contributed by atoms with Crippen LogP contribution in [0.3, 0.4) is 0 Å². The molecule has 0 saturated carbocycles. The second-order valence-corrected chi connectivity index (χ2v) is 7.42. The van der Waals surface area contributed by atoms with Crippen LogP contribution in [0.1, 0.15) is 29.3 Å². The lowest BCUT2D eigenvalue weighted by Gasteiger charge is -2.00. The van der Waals surface area contributed by atoms with Gasteiger partial charge in [-0.2, -0.15) is 0 Å². The van der Waals surface area contributed by atoms with Gasteiger partial charge in [0, 0.05) is 10.4 Å². The molecule has 0 radical (unpaired) electrons. The first kappa shape index (κ1) is 16.6. The molecule has 4 rings (SSSR count). The van der Waals surface area contributed by atoms with E-state index in [0.29, 0.717) is 5.56 Å². The average molecular weight is 361 g/mol. The number of aromatic amines is 1. The number of benzene rings is 2. The molecular weight excluding hydrogens is 342 g/mol. The van der Waals surface area contributed by atoms with Gasteiger partial charge in [-0.1, -0.05) is 43.7 Å². The summed E-state index contributed by atoms with van der Waals surface area (Å²) in [5, 5.41) is 10.3. The highest BCUT2D eigenvalue weighted by molar-refractivity contribution is 7.22. The van der Waals surface area contributed by atoms with Gasteiger partial charge in [0.25, 0.3) is 0 Å². The number of rotatable bonds is 5. The monoisotopic (exact) mass is 361 g/mol. The van der Waals surface area contributed by atoms with E-state index >= 15 is 0 Å². The Kier molecular flexibility index (Phi) is 4.35. The zero-order valence-electron chi connectivity index (χ0n) is 14.5. The van der Waals surface area contributed by atoms with Gasteiger partial charge in [0.2, 0.25) is 0 Å². The van der Waals surface area contributed by atoms with Crippen molar-refractivity contribution in [3.63, 3.8) is 0 Å². The predicted molar refractivity (Wildman–Crippen MR) is 108 cm³/mol. The minimum Gasteiger partial charge on any atom is -0.478 e. The summed E-state index contributed by atoms with van der Waals surface area (Å²) in [7, 11) is 0. The van der Waals surface area contributed by atoms with E-state index in [-0.39, 0.29) is 0 Å². The Hall–Kier alpha value is -2.85. The second kappa shape index (κ2) is 6.81. The van der Waals surface area contributed by atoms with Gasteiger partial charge in [-0.3, -0.25) is 0 Å². The Bertz CT molecular complexity index is 1070. The molecule has 0 aliphatic heterocycles. The Labute approximate surface area is 155 Å². The molecule has 0 spiro atoms. The van der Waals surface area contributed by atoms with E-state index in [0.717, 1.165) is 29.8 Å². The fourth-order valence-electron chi connectivity index (χ4n) is 3.22.